The number of likely N-dealkylation sites (tertiary alicyclic amines) is 2. The number of rotatable bonds is 3. The monoisotopic (exact) mass is 392 g/mol. The number of halogens is 3. The molecule has 4 rings (SSSR count). The zero-order valence-electron chi connectivity index (χ0n) is 15.7. The van der Waals surface area contributed by atoms with Crippen LogP contribution in [0.25, 0.3) is 5.69 Å². The maximum absolute atomic E-state index is 13.9. The summed E-state index contributed by atoms with van der Waals surface area (Å²) in [6.45, 7) is 4.69. The van der Waals surface area contributed by atoms with E-state index < -0.39 is 17.8 Å². The fraction of sp³-hybridized carbons (Fsp3) is 0.500. The van der Waals surface area contributed by atoms with Crippen LogP contribution < -0.4 is 0 Å². The summed E-state index contributed by atoms with van der Waals surface area (Å²) in [6, 6.07) is 6.95. The van der Waals surface area contributed by atoms with Crippen LogP contribution in [0.5, 0.6) is 0 Å². The molecular formula is C20H23F3N4O. The van der Waals surface area contributed by atoms with Crippen molar-refractivity contribution in [3.8, 4) is 5.69 Å². The summed E-state index contributed by atoms with van der Waals surface area (Å²) in [5.41, 5.74) is -0.398. The van der Waals surface area contributed by atoms with Crippen LogP contribution in [0.1, 0.15) is 40.9 Å². The second-order valence-electron chi connectivity index (χ2n) is 7.54. The molecule has 8 heteroatoms. The van der Waals surface area contributed by atoms with Crippen molar-refractivity contribution < 1.29 is 18.0 Å². The Morgan fingerprint density at radius 1 is 1.14 bits per heavy atom. The molecule has 0 unspecified atom stereocenters. The van der Waals surface area contributed by atoms with Crippen molar-refractivity contribution in [3.63, 3.8) is 0 Å². The molecule has 2 fully saturated rings. The van der Waals surface area contributed by atoms with E-state index in [9.17, 15) is 18.0 Å². The number of carbonyl (C=O) groups excluding carboxylic acids is 1. The number of alkyl halides is 3. The Morgan fingerprint density at radius 2 is 1.86 bits per heavy atom. The van der Waals surface area contributed by atoms with Crippen molar-refractivity contribution in [1.29, 1.82) is 0 Å². The van der Waals surface area contributed by atoms with E-state index in [1.165, 1.54) is 4.90 Å². The quantitative estimate of drug-likeness (QED) is 0.803. The molecule has 0 N–H and O–H groups in total. The fourth-order valence-corrected chi connectivity index (χ4v) is 4.26. The van der Waals surface area contributed by atoms with Crippen LogP contribution in [0.3, 0.4) is 0 Å². The van der Waals surface area contributed by atoms with Crippen LogP contribution in [0.15, 0.2) is 30.5 Å². The first kappa shape index (κ1) is 19.0. The third-order valence-electron chi connectivity index (χ3n) is 5.72. The Hall–Kier alpha value is -2.35. The molecule has 2 aliphatic heterocycles. The molecule has 2 saturated heterocycles. The summed E-state index contributed by atoms with van der Waals surface area (Å²) in [6.07, 6.45) is -0.532. The molecule has 1 amide bonds. The van der Waals surface area contributed by atoms with Gasteiger partial charge < -0.3 is 4.90 Å². The summed E-state index contributed by atoms with van der Waals surface area (Å²) in [7, 11) is 0. The fourth-order valence-electron chi connectivity index (χ4n) is 4.26. The van der Waals surface area contributed by atoms with Gasteiger partial charge in [0.1, 0.15) is 0 Å². The molecule has 0 spiro atoms. The molecule has 2 aromatic rings. The topological polar surface area (TPSA) is 41.4 Å². The van der Waals surface area contributed by atoms with Gasteiger partial charge in [-0.15, -0.1) is 0 Å². The Morgan fingerprint density at radius 3 is 2.54 bits per heavy atom. The highest BCUT2D eigenvalue weighted by molar-refractivity contribution is 5.95. The number of benzene rings is 1. The predicted octanol–water partition coefficient (Wildman–Crippen LogP) is 3.51. The molecule has 2 aliphatic rings. The van der Waals surface area contributed by atoms with Crippen LogP contribution >= 0.6 is 0 Å². The Bertz CT molecular complexity index is 871. The van der Waals surface area contributed by atoms with E-state index in [1.807, 2.05) is 0 Å². The highest BCUT2D eigenvalue weighted by Gasteiger charge is 2.42. The number of amides is 1. The van der Waals surface area contributed by atoms with Crippen molar-refractivity contribution in [2.24, 2.45) is 0 Å². The second-order valence-corrected chi connectivity index (χ2v) is 7.54. The molecule has 0 saturated carbocycles. The number of hydrogen-bond donors (Lipinski definition) is 0. The number of carbonyl (C=O) groups is 1. The Labute approximate surface area is 161 Å². The van der Waals surface area contributed by atoms with Crippen molar-refractivity contribution in [3.05, 3.63) is 47.3 Å². The SMILES string of the molecule is Cc1ccccc1-n1ncc(C(=O)N2CC[C@@H](N3CCCC3)C2)c1C(F)(F)F. The lowest BCUT2D eigenvalue weighted by Crippen LogP contribution is -2.37. The van der Waals surface area contributed by atoms with Crippen molar-refractivity contribution in [2.75, 3.05) is 26.2 Å². The van der Waals surface area contributed by atoms with Gasteiger partial charge in [-0.05, 0) is 50.9 Å². The molecule has 0 aliphatic carbocycles. The average Bonchev–Trinajstić information content (AvgIpc) is 3.39. The van der Waals surface area contributed by atoms with Gasteiger partial charge in [-0.25, -0.2) is 4.68 Å². The van der Waals surface area contributed by atoms with Gasteiger partial charge in [0, 0.05) is 19.1 Å². The maximum atomic E-state index is 13.9. The van der Waals surface area contributed by atoms with Gasteiger partial charge in [-0.3, -0.25) is 9.69 Å². The standard InChI is InChI=1S/C20H23F3N4O/c1-14-6-2-3-7-17(14)27-18(20(21,22)23)16(12-24-27)19(28)26-11-8-15(13-26)25-9-4-5-10-25/h2-3,6-7,12,15H,4-5,8-11,13H2,1H3/t15-/m1/s1. The van der Waals surface area contributed by atoms with Gasteiger partial charge in [0.15, 0.2) is 5.69 Å². The van der Waals surface area contributed by atoms with Gasteiger partial charge in [0.05, 0.1) is 17.4 Å². The lowest BCUT2D eigenvalue weighted by Gasteiger charge is -2.23. The van der Waals surface area contributed by atoms with Gasteiger partial charge in [0.25, 0.3) is 5.91 Å². The van der Waals surface area contributed by atoms with E-state index in [-0.39, 0.29) is 11.6 Å². The van der Waals surface area contributed by atoms with Gasteiger partial charge in [-0.1, -0.05) is 18.2 Å². The molecule has 1 atom stereocenters. The Balaban J connectivity index is 1.64. The van der Waals surface area contributed by atoms with E-state index in [4.69, 9.17) is 0 Å². The second kappa shape index (κ2) is 7.24. The third-order valence-corrected chi connectivity index (χ3v) is 5.72. The first-order valence-corrected chi connectivity index (χ1v) is 9.61. The minimum Gasteiger partial charge on any atom is -0.337 e. The van der Waals surface area contributed by atoms with Crippen LogP contribution in [0.2, 0.25) is 0 Å². The predicted molar refractivity (Wildman–Crippen MR) is 98.4 cm³/mol. The summed E-state index contributed by atoms with van der Waals surface area (Å²) < 4.78 is 42.5. The average molecular weight is 392 g/mol. The molecule has 1 aromatic carbocycles. The van der Waals surface area contributed by atoms with E-state index >= 15 is 0 Å². The first-order valence-electron chi connectivity index (χ1n) is 9.61. The van der Waals surface area contributed by atoms with Crippen LogP contribution in [-0.2, 0) is 6.18 Å². The first-order chi connectivity index (χ1) is 13.4. The molecule has 0 bridgehead atoms. The number of hydrogen-bond acceptors (Lipinski definition) is 3. The summed E-state index contributed by atoms with van der Waals surface area (Å²) in [5, 5.41) is 3.94. The van der Waals surface area contributed by atoms with E-state index in [0.717, 1.165) is 43.2 Å². The number of aryl methyl sites for hydroxylation is 1. The molecule has 28 heavy (non-hydrogen) atoms. The number of aromatic nitrogens is 2. The smallest absolute Gasteiger partial charge is 0.337 e. The van der Waals surface area contributed by atoms with Crippen molar-refractivity contribution in [1.82, 2.24) is 19.6 Å². The normalized spacial score (nSPS) is 20.9. The number of nitrogens with zero attached hydrogens (tertiary/aromatic N) is 4. The summed E-state index contributed by atoms with van der Waals surface area (Å²) in [4.78, 5) is 16.8. The van der Waals surface area contributed by atoms with E-state index in [2.05, 4.69) is 10.00 Å². The van der Waals surface area contributed by atoms with E-state index in [1.54, 1.807) is 31.2 Å². The maximum Gasteiger partial charge on any atom is 0.434 e. The van der Waals surface area contributed by atoms with Crippen molar-refractivity contribution in [2.45, 2.75) is 38.4 Å². The highest BCUT2D eigenvalue weighted by Crippen LogP contribution is 2.35. The molecule has 5 nitrogen and oxygen atoms in total. The lowest BCUT2D eigenvalue weighted by atomic mass is 10.1. The third kappa shape index (κ3) is 3.41. The highest BCUT2D eigenvalue weighted by atomic mass is 19.4. The minimum absolute atomic E-state index is 0.243. The van der Waals surface area contributed by atoms with Gasteiger partial charge in [0.2, 0.25) is 0 Å². The molecule has 0 radical (unpaired) electrons. The zero-order valence-corrected chi connectivity index (χ0v) is 15.7. The van der Waals surface area contributed by atoms with E-state index in [0.29, 0.717) is 24.3 Å². The van der Waals surface area contributed by atoms with Crippen molar-refractivity contribution >= 4 is 5.91 Å². The lowest BCUT2D eigenvalue weighted by molar-refractivity contribution is -0.143. The molecule has 3 heterocycles. The van der Waals surface area contributed by atoms with Gasteiger partial charge >= 0.3 is 6.18 Å². The zero-order chi connectivity index (χ0) is 19.9. The Kier molecular flexibility index (Phi) is 4.91. The largest absolute Gasteiger partial charge is 0.434 e. The minimum atomic E-state index is -4.68. The summed E-state index contributed by atoms with van der Waals surface area (Å²) in [5.74, 6) is -0.589. The molecule has 150 valence electrons. The number of para-hydroxylation sites is 1. The molecule has 1 aromatic heterocycles. The summed E-state index contributed by atoms with van der Waals surface area (Å²) >= 11 is 0. The van der Waals surface area contributed by atoms with Gasteiger partial charge in [-0.2, -0.15) is 18.3 Å². The van der Waals surface area contributed by atoms with Crippen LogP contribution in [0.4, 0.5) is 13.2 Å². The molecular weight excluding hydrogens is 369 g/mol. The van der Waals surface area contributed by atoms with Crippen LogP contribution in [0, 0.1) is 6.92 Å². The van der Waals surface area contributed by atoms with Crippen LogP contribution in [-0.4, -0.2) is 57.7 Å².